The molecule has 0 fully saturated rings. The number of fused-ring (bicyclic) bond motifs is 1. The van der Waals surface area contributed by atoms with E-state index in [1.54, 1.807) is 9.42 Å². The minimum absolute atomic E-state index is 0.145. The zero-order valence-electron chi connectivity index (χ0n) is 24.8. The number of hydrogen-bond acceptors (Lipinski definition) is 6. The molecule has 0 aliphatic rings. The predicted octanol–water partition coefficient (Wildman–Crippen LogP) is 7.23. The van der Waals surface area contributed by atoms with E-state index >= 15 is 0 Å². The highest BCUT2D eigenvalue weighted by Gasteiger charge is 2.37. The van der Waals surface area contributed by atoms with Crippen LogP contribution in [0.25, 0.3) is 5.65 Å². The standard InChI is InChI=1S/C29H45N5O3Si/c1-21(2)23-19-31-34-25(33(27(35)37-28(3,4)5)20-22-14-12-11-13-15-22)18-24(32-26(23)34)30-16-17-36-38(9,10)29(6,7)8/h11-15,18-19,21H,16-17,20H2,1-10H3,(H,30,32). The van der Waals surface area contributed by atoms with Gasteiger partial charge < -0.3 is 14.5 Å². The van der Waals surface area contributed by atoms with Crippen molar-refractivity contribution >= 4 is 31.7 Å². The number of carbonyl (C=O) groups is 1. The Hall–Kier alpha value is -2.91. The number of aromatic nitrogens is 3. The Morgan fingerprint density at radius 3 is 2.34 bits per heavy atom. The molecule has 1 amide bonds. The number of carbonyl (C=O) groups excluding carboxylic acids is 1. The normalized spacial score (nSPS) is 12.7. The second kappa shape index (κ2) is 11.5. The molecule has 0 aliphatic carbocycles. The summed E-state index contributed by atoms with van der Waals surface area (Å²) >= 11 is 0. The van der Waals surface area contributed by atoms with Gasteiger partial charge in [0.2, 0.25) is 0 Å². The smallest absolute Gasteiger partial charge is 0.416 e. The first kappa shape index (κ1) is 29.6. The van der Waals surface area contributed by atoms with Gasteiger partial charge in [-0.3, -0.25) is 4.90 Å². The Kier molecular flexibility index (Phi) is 8.93. The highest BCUT2D eigenvalue weighted by molar-refractivity contribution is 6.74. The fraction of sp³-hybridized carbons (Fsp3) is 0.552. The van der Waals surface area contributed by atoms with E-state index in [0.717, 1.165) is 11.1 Å². The number of nitrogens with zero attached hydrogens (tertiary/aromatic N) is 4. The first-order valence-electron chi connectivity index (χ1n) is 13.4. The van der Waals surface area contributed by atoms with E-state index < -0.39 is 20.0 Å². The average Bonchev–Trinajstić information content (AvgIpc) is 3.23. The summed E-state index contributed by atoms with van der Waals surface area (Å²) in [5.74, 6) is 1.47. The lowest BCUT2D eigenvalue weighted by Crippen LogP contribution is -2.41. The van der Waals surface area contributed by atoms with E-state index in [0.29, 0.717) is 37.0 Å². The largest absolute Gasteiger partial charge is 0.443 e. The molecule has 0 saturated heterocycles. The van der Waals surface area contributed by atoms with Crippen LogP contribution >= 0.6 is 0 Å². The lowest BCUT2D eigenvalue weighted by atomic mass is 10.1. The van der Waals surface area contributed by atoms with Crippen molar-refractivity contribution in [3.8, 4) is 0 Å². The zero-order chi connectivity index (χ0) is 28.3. The molecule has 2 aromatic heterocycles. The zero-order valence-corrected chi connectivity index (χ0v) is 25.8. The molecule has 0 saturated carbocycles. The fourth-order valence-corrected chi connectivity index (χ4v) is 4.72. The van der Waals surface area contributed by atoms with E-state index in [1.165, 1.54) is 0 Å². The molecule has 8 nitrogen and oxygen atoms in total. The minimum atomic E-state index is -1.85. The molecule has 0 aliphatic heterocycles. The van der Waals surface area contributed by atoms with Crippen LogP contribution in [0.3, 0.4) is 0 Å². The molecule has 0 atom stereocenters. The lowest BCUT2D eigenvalue weighted by Gasteiger charge is -2.36. The molecule has 0 spiro atoms. The number of benzene rings is 1. The van der Waals surface area contributed by atoms with Crippen LogP contribution < -0.4 is 10.2 Å². The fourth-order valence-electron chi connectivity index (χ4n) is 3.68. The summed E-state index contributed by atoms with van der Waals surface area (Å²) in [5, 5.41) is 8.21. The number of rotatable bonds is 9. The Labute approximate surface area is 228 Å². The molecule has 0 radical (unpaired) electrons. The van der Waals surface area contributed by atoms with Gasteiger partial charge in [0.25, 0.3) is 0 Å². The van der Waals surface area contributed by atoms with E-state index in [9.17, 15) is 4.79 Å². The summed E-state index contributed by atoms with van der Waals surface area (Å²) < 4.78 is 13.9. The van der Waals surface area contributed by atoms with Crippen LogP contribution in [-0.4, -0.2) is 47.8 Å². The first-order chi connectivity index (χ1) is 17.6. The highest BCUT2D eigenvalue weighted by Crippen LogP contribution is 2.36. The SMILES string of the molecule is CC(C)c1cnn2c(N(Cc3ccccc3)C(=O)OC(C)(C)C)cc(NCCO[Si](C)(C)C(C)(C)C)nc12. The molecule has 38 heavy (non-hydrogen) atoms. The maximum atomic E-state index is 13.5. The molecule has 1 N–H and O–H groups in total. The number of anilines is 2. The van der Waals surface area contributed by atoms with Gasteiger partial charge in [0.1, 0.15) is 17.2 Å². The van der Waals surface area contributed by atoms with Crippen molar-refractivity contribution in [3.63, 3.8) is 0 Å². The molecule has 2 heterocycles. The van der Waals surface area contributed by atoms with Gasteiger partial charge in [-0.2, -0.15) is 9.61 Å². The maximum absolute atomic E-state index is 13.5. The quantitative estimate of drug-likeness (QED) is 0.228. The van der Waals surface area contributed by atoms with Gasteiger partial charge in [-0.15, -0.1) is 0 Å². The van der Waals surface area contributed by atoms with Crippen molar-refractivity contribution < 1.29 is 14.0 Å². The molecule has 3 aromatic rings. The number of nitrogens with one attached hydrogen (secondary N) is 1. The number of ether oxygens (including phenoxy) is 1. The van der Waals surface area contributed by atoms with Crippen LogP contribution in [0, 0.1) is 0 Å². The van der Waals surface area contributed by atoms with Gasteiger partial charge in [-0.1, -0.05) is 65.0 Å². The Bertz CT molecular complexity index is 1230. The summed E-state index contributed by atoms with van der Waals surface area (Å²) in [6.07, 6.45) is 1.39. The highest BCUT2D eigenvalue weighted by atomic mass is 28.4. The maximum Gasteiger partial charge on any atom is 0.416 e. The Morgan fingerprint density at radius 2 is 1.76 bits per heavy atom. The molecule has 9 heteroatoms. The van der Waals surface area contributed by atoms with Crippen molar-refractivity contribution in [2.24, 2.45) is 0 Å². The Morgan fingerprint density at radius 1 is 1.11 bits per heavy atom. The third kappa shape index (κ3) is 7.35. The number of amides is 1. The van der Waals surface area contributed by atoms with E-state index in [2.05, 4.69) is 58.1 Å². The summed E-state index contributed by atoms with van der Waals surface area (Å²) in [7, 11) is -1.85. The van der Waals surface area contributed by atoms with E-state index in [1.807, 2.05) is 63.4 Å². The predicted molar refractivity (Wildman–Crippen MR) is 158 cm³/mol. The lowest BCUT2D eigenvalue weighted by molar-refractivity contribution is 0.0575. The van der Waals surface area contributed by atoms with Crippen molar-refractivity contribution in [1.29, 1.82) is 0 Å². The van der Waals surface area contributed by atoms with Gasteiger partial charge in [0, 0.05) is 18.2 Å². The summed E-state index contributed by atoms with van der Waals surface area (Å²) in [6.45, 7) is 22.5. The third-order valence-electron chi connectivity index (χ3n) is 6.85. The average molecular weight is 540 g/mol. The van der Waals surface area contributed by atoms with Crippen molar-refractivity contribution in [2.45, 2.75) is 91.6 Å². The van der Waals surface area contributed by atoms with Gasteiger partial charge in [0.15, 0.2) is 14.0 Å². The van der Waals surface area contributed by atoms with Gasteiger partial charge in [-0.05, 0) is 50.4 Å². The molecule has 3 rings (SSSR count). The second-order valence-corrected chi connectivity index (χ2v) is 17.4. The topological polar surface area (TPSA) is 81.0 Å². The van der Waals surface area contributed by atoms with Crippen molar-refractivity contribution in [3.05, 3.63) is 53.7 Å². The summed E-state index contributed by atoms with van der Waals surface area (Å²) in [6, 6.07) is 11.7. The second-order valence-electron chi connectivity index (χ2n) is 12.6. The van der Waals surface area contributed by atoms with Crippen LogP contribution in [-0.2, 0) is 15.7 Å². The summed E-state index contributed by atoms with van der Waals surface area (Å²) in [5.41, 5.74) is 2.06. The monoisotopic (exact) mass is 539 g/mol. The van der Waals surface area contributed by atoms with Crippen LogP contribution in [0.2, 0.25) is 18.1 Å². The molecule has 0 bridgehead atoms. The molecule has 208 valence electrons. The number of hydrogen-bond donors (Lipinski definition) is 1. The van der Waals surface area contributed by atoms with Crippen LogP contribution in [0.5, 0.6) is 0 Å². The first-order valence-corrected chi connectivity index (χ1v) is 16.3. The van der Waals surface area contributed by atoms with Crippen molar-refractivity contribution in [2.75, 3.05) is 23.4 Å². The van der Waals surface area contributed by atoms with E-state index in [4.69, 9.17) is 14.1 Å². The van der Waals surface area contributed by atoms with Crippen molar-refractivity contribution in [1.82, 2.24) is 14.6 Å². The minimum Gasteiger partial charge on any atom is -0.443 e. The summed E-state index contributed by atoms with van der Waals surface area (Å²) in [4.78, 5) is 20.0. The molecule has 0 unspecified atom stereocenters. The molecule has 1 aromatic carbocycles. The van der Waals surface area contributed by atoms with Gasteiger partial charge in [-0.25, -0.2) is 9.78 Å². The molecular weight excluding hydrogens is 494 g/mol. The van der Waals surface area contributed by atoms with Gasteiger partial charge >= 0.3 is 6.09 Å². The molecular formula is C29H45N5O3Si. The Balaban J connectivity index is 2.00. The van der Waals surface area contributed by atoms with Crippen LogP contribution in [0.15, 0.2) is 42.6 Å². The third-order valence-corrected chi connectivity index (χ3v) is 11.4. The van der Waals surface area contributed by atoms with Crippen LogP contribution in [0.4, 0.5) is 16.4 Å². The van der Waals surface area contributed by atoms with Crippen LogP contribution in [0.1, 0.15) is 72.4 Å². The van der Waals surface area contributed by atoms with Gasteiger partial charge in [0.05, 0.1) is 19.3 Å². The van der Waals surface area contributed by atoms with E-state index in [-0.39, 0.29) is 11.0 Å².